The molecule has 0 radical (unpaired) electrons. The molecule has 0 amide bonds. The summed E-state index contributed by atoms with van der Waals surface area (Å²) in [6, 6.07) is 0. The Labute approximate surface area is 92.8 Å². The van der Waals surface area contributed by atoms with E-state index in [2.05, 4.69) is 11.8 Å². The Morgan fingerprint density at radius 2 is 1.87 bits per heavy atom. The molecule has 1 aliphatic rings. The van der Waals surface area contributed by atoms with Gasteiger partial charge in [0.1, 0.15) is 6.10 Å². The molecule has 1 rings (SSSR count). The van der Waals surface area contributed by atoms with Crippen molar-refractivity contribution in [1.82, 2.24) is 4.90 Å². The molecule has 0 unspecified atom stereocenters. The summed E-state index contributed by atoms with van der Waals surface area (Å²) in [6.07, 6.45) is 2.10. The summed E-state index contributed by atoms with van der Waals surface area (Å²) >= 11 is 0. The van der Waals surface area contributed by atoms with Crippen molar-refractivity contribution in [1.29, 1.82) is 0 Å². The topological polar surface area (TPSA) is 29.5 Å². The molecule has 88 valence electrons. The van der Waals surface area contributed by atoms with Gasteiger partial charge in [-0.25, -0.2) is 0 Å². The number of esters is 1. The summed E-state index contributed by atoms with van der Waals surface area (Å²) < 4.78 is 5.48. The highest BCUT2D eigenvalue weighted by Crippen LogP contribution is 2.20. The number of piperidine rings is 1. The Morgan fingerprint density at radius 1 is 1.33 bits per heavy atom. The average Bonchev–Trinajstić information content (AvgIpc) is 2.17. The number of nitrogens with zero attached hydrogens (tertiary/aromatic N) is 1. The lowest BCUT2D eigenvalue weighted by molar-refractivity contribution is -0.160. The van der Waals surface area contributed by atoms with Gasteiger partial charge in [-0.2, -0.15) is 0 Å². The van der Waals surface area contributed by atoms with Gasteiger partial charge in [0, 0.05) is 13.1 Å². The van der Waals surface area contributed by atoms with Crippen LogP contribution in [0.5, 0.6) is 0 Å². The fourth-order valence-electron chi connectivity index (χ4n) is 1.67. The Morgan fingerprint density at radius 3 is 2.27 bits per heavy atom. The third-order valence-electron chi connectivity index (χ3n) is 2.87. The first-order valence-corrected chi connectivity index (χ1v) is 5.87. The van der Waals surface area contributed by atoms with Gasteiger partial charge in [-0.3, -0.25) is 4.79 Å². The first-order chi connectivity index (χ1) is 6.93. The number of carbonyl (C=O) groups excluding carboxylic acids is 1. The van der Waals surface area contributed by atoms with Crippen LogP contribution < -0.4 is 0 Å². The summed E-state index contributed by atoms with van der Waals surface area (Å²) in [5, 5.41) is 0. The van der Waals surface area contributed by atoms with Gasteiger partial charge in [0.05, 0.1) is 5.41 Å². The summed E-state index contributed by atoms with van der Waals surface area (Å²) in [5.41, 5.74) is -0.373. The van der Waals surface area contributed by atoms with Gasteiger partial charge in [-0.15, -0.1) is 0 Å². The Balaban J connectivity index is 2.33. The molecule has 0 saturated carbocycles. The Hall–Kier alpha value is -0.570. The Kier molecular flexibility index (Phi) is 4.14. The van der Waals surface area contributed by atoms with Gasteiger partial charge < -0.3 is 9.64 Å². The second-order valence-corrected chi connectivity index (χ2v) is 5.29. The van der Waals surface area contributed by atoms with E-state index in [9.17, 15) is 4.79 Å². The maximum absolute atomic E-state index is 11.6. The fraction of sp³-hybridized carbons (Fsp3) is 0.917. The molecule has 0 aromatic heterocycles. The van der Waals surface area contributed by atoms with E-state index in [4.69, 9.17) is 4.74 Å². The molecule has 0 aliphatic carbocycles. The third-order valence-corrected chi connectivity index (χ3v) is 2.87. The molecule has 0 bridgehead atoms. The molecular weight excluding hydrogens is 190 g/mol. The predicted molar refractivity (Wildman–Crippen MR) is 60.7 cm³/mol. The van der Waals surface area contributed by atoms with Gasteiger partial charge in [0.25, 0.3) is 0 Å². The lowest BCUT2D eigenvalue weighted by Gasteiger charge is -2.32. The summed E-state index contributed by atoms with van der Waals surface area (Å²) in [6.45, 7) is 11.1. The second kappa shape index (κ2) is 4.97. The first kappa shape index (κ1) is 12.5. The van der Waals surface area contributed by atoms with E-state index >= 15 is 0 Å². The average molecular weight is 213 g/mol. The minimum absolute atomic E-state index is 0.0718. The number of rotatable bonds is 2. The smallest absolute Gasteiger partial charge is 0.311 e. The molecule has 1 fully saturated rings. The molecule has 3 nitrogen and oxygen atoms in total. The number of likely N-dealkylation sites (tertiary alicyclic amines) is 1. The SMILES string of the molecule is CCN1CCC(OC(=O)C(C)(C)C)CC1. The van der Waals surface area contributed by atoms with E-state index < -0.39 is 0 Å². The van der Waals surface area contributed by atoms with Crippen LogP contribution in [-0.4, -0.2) is 36.6 Å². The monoisotopic (exact) mass is 213 g/mol. The van der Waals surface area contributed by atoms with Crippen molar-refractivity contribution >= 4 is 5.97 Å². The van der Waals surface area contributed by atoms with Crippen LogP contribution in [0.1, 0.15) is 40.5 Å². The number of hydrogen-bond donors (Lipinski definition) is 0. The van der Waals surface area contributed by atoms with E-state index in [1.54, 1.807) is 0 Å². The van der Waals surface area contributed by atoms with Crippen LogP contribution in [0.4, 0.5) is 0 Å². The van der Waals surface area contributed by atoms with Crippen molar-refractivity contribution in [3.05, 3.63) is 0 Å². The van der Waals surface area contributed by atoms with Crippen LogP contribution in [0.15, 0.2) is 0 Å². The molecule has 15 heavy (non-hydrogen) atoms. The zero-order valence-corrected chi connectivity index (χ0v) is 10.4. The van der Waals surface area contributed by atoms with Crippen LogP contribution in [-0.2, 0) is 9.53 Å². The summed E-state index contributed by atoms with van der Waals surface area (Å²) in [7, 11) is 0. The zero-order valence-electron chi connectivity index (χ0n) is 10.4. The highest BCUT2D eigenvalue weighted by molar-refractivity contribution is 5.75. The zero-order chi connectivity index (χ0) is 11.5. The van der Waals surface area contributed by atoms with E-state index in [1.807, 2.05) is 20.8 Å². The number of carbonyl (C=O) groups is 1. The molecule has 1 heterocycles. The second-order valence-electron chi connectivity index (χ2n) is 5.29. The van der Waals surface area contributed by atoms with Gasteiger partial charge in [-0.1, -0.05) is 6.92 Å². The van der Waals surface area contributed by atoms with E-state index in [0.717, 1.165) is 32.5 Å². The van der Waals surface area contributed by atoms with Crippen LogP contribution >= 0.6 is 0 Å². The van der Waals surface area contributed by atoms with Crippen molar-refractivity contribution < 1.29 is 9.53 Å². The molecular formula is C12H23NO2. The lowest BCUT2D eigenvalue weighted by atomic mass is 9.97. The fourth-order valence-corrected chi connectivity index (χ4v) is 1.67. The maximum Gasteiger partial charge on any atom is 0.311 e. The molecule has 1 saturated heterocycles. The molecule has 1 aliphatic heterocycles. The van der Waals surface area contributed by atoms with Crippen LogP contribution in [0.3, 0.4) is 0 Å². The maximum atomic E-state index is 11.6. The standard InChI is InChI=1S/C12H23NO2/c1-5-13-8-6-10(7-9-13)15-11(14)12(2,3)4/h10H,5-9H2,1-4H3. The summed E-state index contributed by atoms with van der Waals surface area (Å²) in [4.78, 5) is 14.0. The molecule has 3 heteroatoms. The quantitative estimate of drug-likeness (QED) is 0.658. The highest BCUT2D eigenvalue weighted by Gasteiger charge is 2.28. The normalized spacial score (nSPS) is 20.3. The molecule has 0 spiro atoms. The number of ether oxygens (including phenoxy) is 1. The van der Waals surface area contributed by atoms with Gasteiger partial charge in [0.2, 0.25) is 0 Å². The third kappa shape index (κ3) is 3.82. The molecule has 0 N–H and O–H groups in total. The van der Waals surface area contributed by atoms with E-state index in [-0.39, 0.29) is 17.5 Å². The minimum Gasteiger partial charge on any atom is -0.462 e. The predicted octanol–water partition coefficient (Wildman–Crippen LogP) is 2.06. The van der Waals surface area contributed by atoms with Crippen LogP contribution in [0.25, 0.3) is 0 Å². The van der Waals surface area contributed by atoms with Gasteiger partial charge >= 0.3 is 5.97 Å². The van der Waals surface area contributed by atoms with Crippen molar-refractivity contribution in [2.24, 2.45) is 5.41 Å². The van der Waals surface area contributed by atoms with Gasteiger partial charge in [0.15, 0.2) is 0 Å². The van der Waals surface area contributed by atoms with E-state index in [0.29, 0.717) is 0 Å². The first-order valence-electron chi connectivity index (χ1n) is 5.87. The van der Waals surface area contributed by atoms with E-state index in [1.165, 1.54) is 0 Å². The molecule has 0 aromatic carbocycles. The minimum atomic E-state index is -0.373. The van der Waals surface area contributed by atoms with Crippen molar-refractivity contribution in [3.63, 3.8) is 0 Å². The largest absolute Gasteiger partial charge is 0.462 e. The molecule has 0 atom stereocenters. The highest BCUT2D eigenvalue weighted by atomic mass is 16.5. The Bertz CT molecular complexity index is 212. The summed E-state index contributed by atoms with van der Waals surface area (Å²) in [5.74, 6) is -0.0718. The van der Waals surface area contributed by atoms with Gasteiger partial charge in [-0.05, 0) is 40.2 Å². The van der Waals surface area contributed by atoms with Crippen LogP contribution in [0, 0.1) is 5.41 Å². The van der Waals surface area contributed by atoms with Crippen LogP contribution in [0.2, 0.25) is 0 Å². The molecule has 0 aromatic rings. The van der Waals surface area contributed by atoms with Crippen molar-refractivity contribution in [3.8, 4) is 0 Å². The van der Waals surface area contributed by atoms with Crippen molar-refractivity contribution in [2.75, 3.05) is 19.6 Å². The lowest BCUT2D eigenvalue weighted by Crippen LogP contribution is -2.39. The van der Waals surface area contributed by atoms with Crippen molar-refractivity contribution in [2.45, 2.75) is 46.6 Å². The number of hydrogen-bond acceptors (Lipinski definition) is 3.